The van der Waals surface area contributed by atoms with Crippen molar-refractivity contribution in [1.82, 2.24) is 15.2 Å². The minimum atomic E-state index is -0.196. The van der Waals surface area contributed by atoms with E-state index in [2.05, 4.69) is 26.2 Å². The highest BCUT2D eigenvalue weighted by Gasteiger charge is 2.09. The van der Waals surface area contributed by atoms with E-state index < -0.39 is 0 Å². The average molecular weight is 316 g/mol. The predicted octanol–water partition coefficient (Wildman–Crippen LogP) is 1.15. The van der Waals surface area contributed by atoms with Crippen LogP contribution in [0.5, 0.6) is 0 Å². The van der Waals surface area contributed by atoms with Crippen LogP contribution >= 0.6 is 15.9 Å². The van der Waals surface area contributed by atoms with Gasteiger partial charge in [0.2, 0.25) is 0 Å². The second-order valence-corrected chi connectivity index (χ2v) is 4.86. The molecular formula is C12H18BrN3O2. The van der Waals surface area contributed by atoms with E-state index in [1.165, 1.54) is 0 Å². The van der Waals surface area contributed by atoms with Crippen molar-refractivity contribution in [1.29, 1.82) is 0 Å². The summed E-state index contributed by atoms with van der Waals surface area (Å²) in [5.74, 6) is -0.196. The molecule has 5 nitrogen and oxygen atoms in total. The first-order chi connectivity index (χ1) is 8.61. The van der Waals surface area contributed by atoms with E-state index in [1.54, 1.807) is 18.3 Å². The summed E-state index contributed by atoms with van der Waals surface area (Å²) in [6.45, 7) is 2.52. The zero-order valence-electron chi connectivity index (χ0n) is 10.6. The Morgan fingerprint density at radius 3 is 2.94 bits per heavy atom. The average Bonchev–Trinajstić information content (AvgIpc) is 2.33. The van der Waals surface area contributed by atoms with E-state index in [9.17, 15) is 4.79 Å². The van der Waals surface area contributed by atoms with Gasteiger partial charge in [-0.15, -0.1) is 0 Å². The van der Waals surface area contributed by atoms with Crippen LogP contribution in [-0.2, 0) is 4.74 Å². The molecule has 1 heterocycles. The number of amides is 1. The van der Waals surface area contributed by atoms with Gasteiger partial charge < -0.3 is 15.0 Å². The van der Waals surface area contributed by atoms with Crippen LogP contribution in [0.4, 0.5) is 0 Å². The van der Waals surface area contributed by atoms with Crippen LogP contribution in [0, 0.1) is 0 Å². The summed E-state index contributed by atoms with van der Waals surface area (Å²) in [5.41, 5.74) is 0.394. The number of nitrogens with one attached hydrogen (secondary N) is 1. The molecule has 0 aromatic carbocycles. The first kappa shape index (κ1) is 15.1. The van der Waals surface area contributed by atoms with Gasteiger partial charge >= 0.3 is 0 Å². The number of pyridine rings is 1. The molecule has 0 aliphatic carbocycles. The van der Waals surface area contributed by atoms with Crippen molar-refractivity contribution in [2.75, 3.05) is 40.4 Å². The van der Waals surface area contributed by atoms with Gasteiger partial charge in [0, 0.05) is 23.8 Å². The second-order valence-electron chi connectivity index (χ2n) is 4.01. The van der Waals surface area contributed by atoms with Crippen LogP contribution in [0.1, 0.15) is 10.5 Å². The van der Waals surface area contributed by atoms with E-state index in [0.29, 0.717) is 29.9 Å². The van der Waals surface area contributed by atoms with Gasteiger partial charge in [0.15, 0.2) is 0 Å². The molecule has 0 aliphatic heterocycles. The highest BCUT2D eigenvalue weighted by atomic mass is 79.9. The Balaban J connectivity index is 2.20. The van der Waals surface area contributed by atoms with Crippen molar-refractivity contribution >= 4 is 21.8 Å². The maximum atomic E-state index is 11.7. The van der Waals surface area contributed by atoms with Crippen LogP contribution in [0.15, 0.2) is 22.8 Å². The summed E-state index contributed by atoms with van der Waals surface area (Å²) in [4.78, 5) is 17.8. The molecule has 6 heteroatoms. The zero-order chi connectivity index (χ0) is 13.4. The van der Waals surface area contributed by atoms with Gasteiger partial charge in [-0.1, -0.05) is 0 Å². The normalized spacial score (nSPS) is 10.7. The number of aromatic nitrogens is 1. The number of carbonyl (C=O) groups is 1. The molecule has 0 radical (unpaired) electrons. The maximum absolute atomic E-state index is 11.7. The number of ether oxygens (including phenoxy) is 1. The Bertz CT molecular complexity index is 385. The molecule has 0 fully saturated rings. The van der Waals surface area contributed by atoms with Crippen molar-refractivity contribution in [3.8, 4) is 0 Å². The van der Waals surface area contributed by atoms with Gasteiger partial charge in [0.1, 0.15) is 5.69 Å². The molecule has 1 N–H and O–H groups in total. The van der Waals surface area contributed by atoms with Crippen molar-refractivity contribution in [3.63, 3.8) is 0 Å². The Labute approximate surface area is 116 Å². The molecule has 0 saturated heterocycles. The number of carbonyl (C=O) groups excluding carboxylic acids is 1. The third-order valence-electron chi connectivity index (χ3n) is 2.19. The SMILES string of the molecule is CN(C)CCOCCNC(=O)c1ncccc1Br. The van der Waals surface area contributed by atoms with E-state index in [1.807, 2.05) is 19.0 Å². The fourth-order valence-electron chi connectivity index (χ4n) is 1.22. The first-order valence-corrected chi connectivity index (χ1v) is 6.51. The highest BCUT2D eigenvalue weighted by molar-refractivity contribution is 9.10. The fraction of sp³-hybridized carbons (Fsp3) is 0.500. The minimum Gasteiger partial charge on any atom is -0.378 e. The maximum Gasteiger partial charge on any atom is 0.271 e. The van der Waals surface area contributed by atoms with E-state index in [4.69, 9.17) is 4.74 Å². The van der Waals surface area contributed by atoms with E-state index in [-0.39, 0.29) is 5.91 Å². The molecule has 0 aliphatic rings. The molecule has 100 valence electrons. The zero-order valence-corrected chi connectivity index (χ0v) is 12.2. The molecule has 1 rings (SSSR count). The van der Waals surface area contributed by atoms with Crippen molar-refractivity contribution in [3.05, 3.63) is 28.5 Å². The summed E-state index contributed by atoms with van der Waals surface area (Å²) in [7, 11) is 3.98. The second kappa shape index (κ2) is 8.18. The smallest absolute Gasteiger partial charge is 0.271 e. The molecular weight excluding hydrogens is 298 g/mol. The first-order valence-electron chi connectivity index (χ1n) is 5.72. The molecule has 0 unspecified atom stereocenters. The molecule has 1 amide bonds. The van der Waals surface area contributed by atoms with Gasteiger partial charge in [0.25, 0.3) is 5.91 Å². The third kappa shape index (κ3) is 5.57. The molecule has 0 bridgehead atoms. The molecule has 1 aromatic heterocycles. The van der Waals surface area contributed by atoms with Crippen molar-refractivity contribution < 1.29 is 9.53 Å². The predicted molar refractivity (Wildman–Crippen MR) is 73.6 cm³/mol. The summed E-state index contributed by atoms with van der Waals surface area (Å²) in [6.07, 6.45) is 1.59. The van der Waals surface area contributed by atoms with Gasteiger partial charge in [-0.25, -0.2) is 4.98 Å². The molecule has 18 heavy (non-hydrogen) atoms. The van der Waals surface area contributed by atoms with Gasteiger partial charge in [-0.05, 0) is 42.2 Å². The van der Waals surface area contributed by atoms with Gasteiger partial charge in [-0.2, -0.15) is 0 Å². The van der Waals surface area contributed by atoms with Crippen LogP contribution in [0.2, 0.25) is 0 Å². The number of halogens is 1. The molecule has 0 saturated carbocycles. The van der Waals surface area contributed by atoms with Gasteiger partial charge in [-0.3, -0.25) is 4.79 Å². The fourth-order valence-corrected chi connectivity index (χ4v) is 1.66. The minimum absolute atomic E-state index is 0.196. The number of likely N-dealkylation sites (N-methyl/N-ethyl adjacent to an activating group) is 1. The lowest BCUT2D eigenvalue weighted by molar-refractivity contribution is 0.0895. The van der Waals surface area contributed by atoms with Crippen LogP contribution in [-0.4, -0.2) is 56.2 Å². The molecule has 0 atom stereocenters. The summed E-state index contributed by atoms with van der Waals surface area (Å²) >= 11 is 3.29. The van der Waals surface area contributed by atoms with E-state index in [0.717, 1.165) is 6.54 Å². The molecule has 1 aromatic rings. The third-order valence-corrected chi connectivity index (χ3v) is 2.83. The largest absolute Gasteiger partial charge is 0.378 e. The monoisotopic (exact) mass is 315 g/mol. The quantitative estimate of drug-likeness (QED) is 0.767. The summed E-state index contributed by atoms with van der Waals surface area (Å²) in [5, 5.41) is 2.76. The number of nitrogens with zero attached hydrogens (tertiary/aromatic N) is 2. The Morgan fingerprint density at radius 2 is 2.28 bits per heavy atom. The lowest BCUT2D eigenvalue weighted by atomic mass is 10.3. The number of rotatable bonds is 7. The Kier molecular flexibility index (Phi) is 6.85. The Morgan fingerprint density at radius 1 is 1.50 bits per heavy atom. The standard InChI is InChI=1S/C12H18BrN3O2/c1-16(2)7-9-18-8-6-15-12(17)11-10(13)4-3-5-14-11/h3-5H,6-9H2,1-2H3,(H,15,17). The topological polar surface area (TPSA) is 54.5 Å². The van der Waals surface area contributed by atoms with E-state index >= 15 is 0 Å². The Hall–Kier alpha value is -0.980. The number of hydrogen-bond acceptors (Lipinski definition) is 4. The lowest BCUT2D eigenvalue weighted by Gasteiger charge is -2.10. The summed E-state index contributed by atoms with van der Waals surface area (Å²) in [6, 6.07) is 3.56. The van der Waals surface area contributed by atoms with Crippen LogP contribution < -0.4 is 5.32 Å². The van der Waals surface area contributed by atoms with Crippen molar-refractivity contribution in [2.45, 2.75) is 0 Å². The van der Waals surface area contributed by atoms with Gasteiger partial charge in [0.05, 0.1) is 13.2 Å². The number of hydrogen-bond donors (Lipinski definition) is 1. The van der Waals surface area contributed by atoms with Crippen LogP contribution in [0.25, 0.3) is 0 Å². The van der Waals surface area contributed by atoms with Crippen molar-refractivity contribution in [2.24, 2.45) is 0 Å². The summed E-state index contributed by atoms with van der Waals surface area (Å²) < 4.78 is 6.06. The molecule has 0 spiro atoms. The van der Waals surface area contributed by atoms with Crippen LogP contribution in [0.3, 0.4) is 0 Å². The highest BCUT2D eigenvalue weighted by Crippen LogP contribution is 2.12. The lowest BCUT2D eigenvalue weighted by Crippen LogP contribution is -2.29.